The normalized spacial score (nSPS) is 10.3. The second kappa shape index (κ2) is 7.09. The molecule has 23 heavy (non-hydrogen) atoms. The molecule has 0 saturated heterocycles. The Morgan fingerprint density at radius 2 is 1.65 bits per heavy atom. The van der Waals surface area contributed by atoms with E-state index in [2.05, 4.69) is 0 Å². The molecule has 4 nitrogen and oxygen atoms in total. The van der Waals surface area contributed by atoms with Gasteiger partial charge in [0.15, 0.2) is 0 Å². The Hall–Kier alpha value is -2.62. The highest BCUT2D eigenvalue weighted by Gasteiger charge is 2.24. The lowest BCUT2D eigenvalue weighted by Gasteiger charge is -2.17. The van der Waals surface area contributed by atoms with Crippen molar-refractivity contribution in [2.45, 2.75) is 20.8 Å². The van der Waals surface area contributed by atoms with Gasteiger partial charge in [0.1, 0.15) is 0 Å². The minimum absolute atomic E-state index is 0.283. The molecule has 2 aromatic rings. The maximum atomic E-state index is 12.3. The van der Waals surface area contributed by atoms with Crippen LogP contribution in [0.15, 0.2) is 36.4 Å². The molecular formula is C19H20O4. The van der Waals surface area contributed by atoms with Crippen LogP contribution >= 0.6 is 0 Å². The van der Waals surface area contributed by atoms with E-state index >= 15 is 0 Å². The summed E-state index contributed by atoms with van der Waals surface area (Å²) in [6, 6.07) is 11.4. The molecule has 2 aromatic carbocycles. The number of carbonyl (C=O) groups is 2. The maximum Gasteiger partial charge on any atom is 0.338 e. The first kappa shape index (κ1) is 16.7. The summed E-state index contributed by atoms with van der Waals surface area (Å²) in [6.45, 7) is 5.62. The molecule has 0 unspecified atom stereocenters. The number of carbonyl (C=O) groups excluding carboxylic acids is 2. The molecule has 0 aliphatic heterocycles. The number of aryl methyl sites for hydroxylation is 1. The van der Waals surface area contributed by atoms with Gasteiger partial charge in [-0.2, -0.15) is 0 Å². The standard InChI is InChI=1S/C19H20O4/c1-5-23-19(21)16-12(2)11-15(14-9-7-6-8-10-14)17(13(16)3)18(20)22-4/h6-11H,5H2,1-4H3. The van der Waals surface area contributed by atoms with Crippen LogP contribution in [0.25, 0.3) is 11.1 Å². The van der Waals surface area contributed by atoms with Gasteiger partial charge in [-0.25, -0.2) is 9.59 Å². The van der Waals surface area contributed by atoms with Crippen molar-refractivity contribution in [3.8, 4) is 11.1 Å². The zero-order chi connectivity index (χ0) is 17.0. The summed E-state index contributed by atoms with van der Waals surface area (Å²) in [5, 5.41) is 0. The minimum atomic E-state index is -0.466. The Balaban J connectivity index is 2.74. The van der Waals surface area contributed by atoms with Crippen molar-refractivity contribution in [3.63, 3.8) is 0 Å². The monoisotopic (exact) mass is 312 g/mol. The van der Waals surface area contributed by atoms with Gasteiger partial charge >= 0.3 is 11.9 Å². The van der Waals surface area contributed by atoms with Gasteiger partial charge in [-0.05, 0) is 49.1 Å². The van der Waals surface area contributed by atoms with Crippen molar-refractivity contribution in [2.24, 2.45) is 0 Å². The molecule has 0 aliphatic carbocycles. The zero-order valence-corrected chi connectivity index (χ0v) is 13.8. The lowest BCUT2D eigenvalue weighted by atomic mass is 9.89. The van der Waals surface area contributed by atoms with Gasteiger partial charge in [-0.3, -0.25) is 0 Å². The van der Waals surface area contributed by atoms with Crippen LogP contribution in [0.5, 0.6) is 0 Å². The third kappa shape index (κ3) is 3.26. The fraction of sp³-hybridized carbons (Fsp3) is 0.263. The van der Waals surface area contributed by atoms with E-state index in [1.807, 2.05) is 43.3 Å². The van der Waals surface area contributed by atoms with E-state index in [9.17, 15) is 9.59 Å². The molecular weight excluding hydrogens is 292 g/mol. The van der Waals surface area contributed by atoms with Crippen molar-refractivity contribution in [2.75, 3.05) is 13.7 Å². The summed E-state index contributed by atoms with van der Waals surface area (Å²) in [5.41, 5.74) is 3.82. The number of benzene rings is 2. The highest BCUT2D eigenvalue weighted by atomic mass is 16.5. The van der Waals surface area contributed by atoms with Crippen molar-refractivity contribution in [1.29, 1.82) is 0 Å². The van der Waals surface area contributed by atoms with Crippen LogP contribution in [-0.2, 0) is 9.47 Å². The average Bonchev–Trinajstić information content (AvgIpc) is 2.54. The van der Waals surface area contributed by atoms with Crippen LogP contribution in [0.3, 0.4) is 0 Å². The predicted octanol–water partition coefficient (Wildman–Crippen LogP) is 3.93. The third-order valence-electron chi connectivity index (χ3n) is 3.73. The maximum absolute atomic E-state index is 12.3. The first-order valence-corrected chi connectivity index (χ1v) is 7.46. The molecule has 0 fully saturated rings. The largest absolute Gasteiger partial charge is 0.465 e. The second-order valence-corrected chi connectivity index (χ2v) is 5.19. The second-order valence-electron chi connectivity index (χ2n) is 5.19. The number of hydrogen-bond donors (Lipinski definition) is 0. The van der Waals surface area contributed by atoms with Crippen LogP contribution < -0.4 is 0 Å². The molecule has 0 aromatic heterocycles. The molecule has 120 valence electrons. The number of methoxy groups -OCH3 is 1. The van der Waals surface area contributed by atoms with E-state index in [1.54, 1.807) is 13.8 Å². The summed E-state index contributed by atoms with van der Waals surface area (Å²) < 4.78 is 10.0. The van der Waals surface area contributed by atoms with Gasteiger partial charge in [0, 0.05) is 0 Å². The Labute approximate surface area is 136 Å². The molecule has 0 radical (unpaired) electrons. The Morgan fingerprint density at radius 3 is 2.22 bits per heavy atom. The summed E-state index contributed by atoms with van der Waals surface area (Å²) in [7, 11) is 1.33. The minimum Gasteiger partial charge on any atom is -0.465 e. The highest BCUT2D eigenvalue weighted by Crippen LogP contribution is 2.31. The number of rotatable bonds is 4. The number of ether oxygens (including phenoxy) is 2. The van der Waals surface area contributed by atoms with Crippen LogP contribution in [-0.4, -0.2) is 25.7 Å². The molecule has 0 bridgehead atoms. The van der Waals surface area contributed by atoms with E-state index in [4.69, 9.17) is 9.47 Å². The first-order valence-electron chi connectivity index (χ1n) is 7.46. The fourth-order valence-corrected chi connectivity index (χ4v) is 2.71. The van der Waals surface area contributed by atoms with Crippen molar-refractivity contribution in [3.05, 3.63) is 58.7 Å². The van der Waals surface area contributed by atoms with E-state index in [1.165, 1.54) is 7.11 Å². The predicted molar refractivity (Wildman–Crippen MR) is 88.6 cm³/mol. The topological polar surface area (TPSA) is 52.6 Å². The lowest BCUT2D eigenvalue weighted by Crippen LogP contribution is -2.15. The first-order chi connectivity index (χ1) is 11.0. The molecule has 4 heteroatoms. The molecule has 0 heterocycles. The van der Waals surface area contributed by atoms with E-state index in [-0.39, 0.29) is 6.61 Å². The van der Waals surface area contributed by atoms with Gasteiger partial charge in [0.25, 0.3) is 0 Å². The molecule has 0 saturated carbocycles. The van der Waals surface area contributed by atoms with Gasteiger partial charge in [0.2, 0.25) is 0 Å². The van der Waals surface area contributed by atoms with E-state index < -0.39 is 11.9 Å². The fourth-order valence-electron chi connectivity index (χ4n) is 2.71. The quantitative estimate of drug-likeness (QED) is 0.803. The van der Waals surface area contributed by atoms with Crippen LogP contribution in [0.2, 0.25) is 0 Å². The van der Waals surface area contributed by atoms with Crippen molar-refractivity contribution < 1.29 is 19.1 Å². The molecule has 0 spiro atoms. The van der Waals surface area contributed by atoms with Gasteiger partial charge in [0.05, 0.1) is 24.8 Å². The SMILES string of the molecule is CCOC(=O)c1c(C)cc(-c2ccccc2)c(C(=O)OC)c1C. The molecule has 0 aliphatic rings. The average molecular weight is 312 g/mol. The number of hydrogen-bond acceptors (Lipinski definition) is 4. The highest BCUT2D eigenvalue weighted by molar-refractivity contribution is 6.04. The Kier molecular flexibility index (Phi) is 5.16. The smallest absolute Gasteiger partial charge is 0.338 e. The molecule has 2 rings (SSSR count). The van der Waals surface area contributed by atoms with Gasteiger partial charge < -0.3 is 9.47 Å². The summed E-state index contributed by atoms with van der Waals surface area (Å²) in [6.07, 6.45) is 0. The van der Waals surface area contributed by atoms with Crippen molar-refractivity contribution in [1.82, 2.24) is 0 Å². The lowest BCUT2D eigenvalue weighted by molar-refractivity contribution is 0.0524. The summed E-state index contributed by atoms with van der Waals surface area (Å²) >= 11 is 0. The molecule has 0 amide bonds. The zero-order valence-electron chi connectivity index (χ0n) is 13.8. The van der Waals surface area contributed by atoms with E-state index in [0.29, 0.717) is 16.7 Å². The molecule has 0 atom stereocenters. The van der Waals surface area contributed by atoms with Gasteiger partial charge in [-0.15, -0.1) is 0 Å². The molecule has 0 N–H and O–H groups in total. The van der Waals surface area contributed by atoms with Crippen LogP contribution in [0.4, 0.5) is 0 Å². The van der Waals surface area contributed by atoms with Crippen LogP contribution in [0.1, 0.15) is 38.8 Å². The van der Waals surface area contributed by atoms with Crippen molar-refractivity contribution >= 4 is 11.9 Å². The Morgan fingerprint density at radius 1 is 1.00 bits per heavy atom. The summed E-state index contributed by atoms with van der Waals surface area (Å²) in [4.78, 5) is 24.5. The van der Waals surface area contributed by atoms with E-state index in [0.717, 1.165) is 16.7 Å². The van der Waals surface area contributed by atoms with Crippen LogP contribution in [0, 0.1) is 13.8 Å². The summed E-state index contributed by atoms with van der Waals surface area (Å²) in [5.74, 6) is -0.890. The van der Waals surface area contributed by atoms with Gasteiger partial charge in [-0.1, -0.05) is 30.3 Å². The third-order valence-corrected chi connectivity index (χ3v) is 3.73. The Bertz CT molecular complexity index is 733. The number of esters is 2.